The summed E-state index contributed by atoms with van der Waals surface area (Å²) in [6.45, 7) is 4.74. The molecule has 7 heteroatoms. The molecule has 1 N–H and O–H groups in total. The summed E-state index contributed by atoms with van der Waals surface area (Å²) in [5.41, 5.74) is 0.622. The third-order valence-corrected chi connectivity index (χ3v) is 3.84. The fourth-order valence-electron chi connectivity index (χ4n) is 2.73. The fourth-order valence-corrected chi connectivity index (χ4v) is 2.73. The monoisotopic (exact) mass is 345 g/mol. The smallest absolute Gasteiger partial charge is 0.266 e. The zero-order chi connectivity index (χ0) is 18.4. The number of methoxy groups -OCH3 is 2. The average molecular weight is 345 g/mol. The molecule has 2 unspecified atom stereocenters. The summed E-state index contributed by atoms with van der Waals surface area (Å²) in [5, 5.41) is 12.3. The maximum atomic E-state index is 12.6. The number of benzene rings is 1. The number of morpholine rings is 1. The highest BCUT2D eigenvalue weighted by Crippen LogP contribution is 2.29. The summed E-state index contributed by atoms with van der Waals surface area (Å²) in [5.74, 6) is 0.895. The lowest BCUT2D eigenvalue weighted by molar-refractivity contribution is -0.138. The van der Waals surface area contributed by atoms with E-state index >= 15 is 0 Å². The van der Waals surface area contributed by atoms with E-state index in [0.717, 1.165) is 0 Å². The van der Waals surface area contributed by atoms with Crippen molar-refractivity contribution in [2.45, 2.75) is 26.1 Å². The molecule has 1 aromatic carbocycles. The van der Waals surface area contributed by atoms with Crippen molar-refractivity contribution >= 4 is 11.6 Å². The van der Waals surface area contributed by atoms with Crippen molar-refractivity contribution in [3.05, 3.63) is 30.0 Å². The Bertz CT molecular complexity index is 686. The van der Waals surface area contributed by atoms with Crippen LogP contribution in [-0.4, -0.2) is 50.3 Å². The van der Waals surface area contributed by atoms with E-state index in [-0.39, 0.29) is 23.7 Å². The van der Waals surface area contributed by atoms with Crippen LogP contribution in [0.15, 0.2) is 30.0 Å². The molecular formula is C18H23N3O4. The molecule has 134 valence electrons. The minimum absolute atomic E-state index is 0.0196. The van der Waals surface area contributed by atoms with Crippen molar-refractivity contribution in [2.24, 2.45) is 0 Å². The standard InChI is InChI=1S/C18H23N3O4/c1-12-10-21(11-13(2)25-12)18(22)14(8-19)9-20-16-7-15(23-3)5-6-17(16)24-4/h5-7,9,12-13,20H,10-11H2,1-4H3/b14-9-. The lowest BCUT2D eigenvalue weighted by atomic mass is 10.2. The molecule has 1 aromatic rings. The highest BCUT2D eigenvalue weighted by Gasteiger charge is 2.27. The number of hydrogen-bond acceptors (Lipinski definition) is 6. The molecule has 7 nitrogen and oxygen atoms in total. The van der Waals surface area contributed by atoms with Crippen LogP contribution < -0.4 is 14.8 Å². The molecule has 1 saturated heterocycles. The van der Waals surface area contributed by atoms with Gasteiger partial charge in [0.05, 0.1) is 32.1 Å². The number of hydrogen-bond donors (Lipinski definition) is 1. The average Bonchev–Trinajstić information content (AvgIpc) is 2.60. The van der Waals surface area contributed by atoms with Gasteiger partial charge in [-0.05, 0) is 26.0 Å². The number of nitrogens with zero attached hydrogens (tertiary/aromatic N) is 2. The van der Waals surface area contributed by atoms with E-state index in [1.807, 2.05) is 19.9 Å². The van der Waals surface area contributed by atoms with Crippen molar-refractivity contribution in [2.75, 3.05) is 32.6 Å². The second-order valence-electron chi connectivity index (χ2n) is 5.85. The molecule has 0 aromatic heterocycles. The molecule has 0 spiro atoms. The van der Waals surface area contributed by atoms with Gasteiger partial charge in [-0.3, -0.25) is 4.79 Å². The lowest BCUT2D eigenvalue weighted by Gasteiger charge is -2.35. The van der Waals surface area contributed by atoms with Crippen LogP contribution in [0, 0.1) is 11.3 Å². The van der Waals surface area contributed by atoms with Crippen molar-refractivity contribution in [1.29, 1.82) is 5.26 Å². The van der Waals surface area contributed by atoms with E-state index in [0.29, 0.717) is 30.3 Å². The normalized spacial score (nSPS) is 20.6. The van der Waals surface area contributed by atoms with Gasteiger partial charge >= 0.3 is 0 Å². The first kappa shape index (κ1) is 18.6. The second kappa shape index (κ2) is 8.40. The number of anilines is 1. The van der Waals surface area contributed by atoms with Crippen LogP contribution in [0.2, 0.25) is 0 Å². The minimum Gasteiger partial charge on any atom is -0.497 e. The van der Waals surface area contributed by atoms with Crippen molar-refractivity contribution in [3.8, 4) is 17.6 Å². The Morgan fingerprint density at radius 2 is 2.00 bits per heavy atom. The van der Waals surface area contributed by atoms with E-state index in [2.05, 4.69) is 5.32 Å². The predicted molar refractivity (Wildman–Crippen MR) is 93.5 cm³/mol. The molecule has 1 fully saturated rings. The molecule has 1 heterocycles. The number of nitriles is 1. The zero-order valence-corrected chi connectivity index (χ0v) is 14.9. The molecule has 2 atom stereocenters. The van der Waals surface area contributed by atoms with E-state index < -0.39 is 0 Å². The van der Waals surface area contributed by atoms with Crippen molar-refractivity contribution in [1.82, 2.24) is 4.90 Å². The van der Waals surface area contributed by atoms with Crippen molar-refractivity contribution < 1.29 is 19.0 Å². The number of carbonyl (C=O) groups excluding carboxylic acids is 1. The number of ether oxygens (including phenoxy) is 3. The third kappa shape index (κ3) is 4.64. The van der Waals surface area contributed by atoms with Gasteiger partial charge in [0, 0.05) is 25.4 Å². The van der Waals surface area contributed by atoms with E-state index in [1.54, 1.807) is 37.3 Å². The largest absolute Gasteiger partial charge is 0.497 e. The van der Waals surface area contributed by atoms with Gasteiger partial charge in [0.15, 0.2) is 0 Å². The van der Waals surface area contributed by atoms with Gasteiger partial charge in [-0.15, -0.1) is 0 Å². The first-order valence-corrected chi connectivity index (χ1v) is 8.02. The van der Waals surface area contributed by atoms with Gasteiger partial charge in [0.25, 0.3) is 5.91 Å². The number of carbonyl (C=O) groups is 1. The molecule has 0 aliphatic carbocycles. The van der Waals surface area contributed by atoms with Gasteiger partial charge in [-0.2, -0.15) is 5.26 Å². The maximum absolute atomic E-state index is 12.6. The van der Waals surface area contributed by atoms with Crippen LogP contribution >= 0.6 is 0 Å². The topological polar surface area (TPSA) is 83.8 Å². The molecule has 1 amide bonds. The van der Waals surface area contributed by atoms with E-state index in [1.165, 1.54) is 6.20 Å². The minimum atomic E-state index is -0.320. The molecule has 1 aliphatic heterocycles. The Hall–Kier alpha value is -2.72. The van der Waals surface area contributed by atoms with Gasteiger partial charge in [0.2, 0.25) is 0 Å². The molecule has 2 rings (SSSR count). The highest BCUT2D eigenvalue weighted by molar-refractivity contribution is 5.97. The SMILES string of the molecule is COc1ccc(OC)c(N/C=C(/C#N)C(=O)N2CC(C)OC(C)C2)c1. The fraction of sp³-hybridized carbons (Fsp3) is 0.444. The summed E-state index contributed by atoms with van der Waals surface area (Å²) in [6.07, 6.45) is 1.28. The van der Waals surface area contributed by atoms with Crippen LogP contribution in [0.5, 0.6) is 11.5 Å². The van der Waals surface area contributed by atoms with Crippen LogP contribution in [0.25, 0.3) is 0 Å². The third-order valence-electron chi connectivity index (χ3n) is 3.84. The Kier molecular flexibility index (Phi) is 6.25. The van der Waals surface area contributed by atoms with Crippen LogP contribution in [-0.2, 0) is 9.53 Å². The van der Waals surface area contributed by atoms with Gasteiger partial charge < -0.3 is 24.4 Å². The summed E-state index contributed by atoms with van der Waals surface area (Å²) >= 11 is 0. The second-order valence-corrected chi connectivity index (χ2v) is 5.85. The Morgan fingerprint density at radius 1 is 1.32 bits per heavy atom. The maximum Gasteiger partial charge on any atom is 0.266 e. The molecular weight excluding hydrogens is 322 g/mol. The summed E-state index contributed by atoms with van der Waals surface area (Å²) in [4.78, 5) is 14.2. The first-order chi connectivity index (χ1) is 12.0. The van der Waals surface area contributed by atoms with Gasteiger partial charge in [-0.1, -0.05) is 0 Å². The molecule has 1 aliphatic rings. The number of rotatable bonds is 5. The van der Waals surface area contributed by atoms with Gasteiger partial charge in [-0.25, -0.2) is 0 Å². The predicted octanol–water partition coefficient (Wildman–Crippen LogP) is 2.16. The number of amides is 1. The Morgan fingerprint density at radius 3 is 2.56 bits per heavy atom. The Balaban J connectivity index is 2.18. The van der Waals surface area contributed by atoms with E-state index in [4.69, 9.17) is 14.2 Å². The highest BCUT2D eigenvalue weighted by atomic mass is 16.5. The first-order valence-electron chi connectivity index (χ1n) is 8.02. The molecule has 0 radical (unpaired) electrons. The van der Waals surface area contributed by atoms with Gasteiger partial charge in [0.1, 0.15) is 23.1 Å². The summed E-state index contributed by atoms with van der Waals surface area (Å²) in [6, 6.07) is 7.20. The lowest BCUT2D eigenvalue weighted by Crippen LogP contribution is -2.48. The van der Waals surface area contributed by atoms with Crippen LogP contribution in [0.3, 0.4) is 0 Å². The molecule has 25 heavy (non-hydrogen) atoms. The van der Waals surface area contributed by atoms with Crippen LogP contribution in [0.4, 0.5) is 5.69 Å². The zero-order valence-electron chi connectivity index (χ0n) is 14.9. The molecule has 0 bridgehead atoms. The quantitative estimate of drug-likeness (QED) is 0.650. The van der Waals surface area contributed by atoms with Crippen molar-refractivity contribution in [3.63, 3.8) is 0 Å². The summed E-state index contributed by atoms with van der Waals surface area (Å²) in [7, 11) is 3.11. The molecule has 0 saturated carbocycles. The van der Waals surface area contributed by atoms with E-state index in [9.17, 15) is 10.1 Å². The Labute approximate surface area is 147 Å². The number of nitrogens with one attached hydrogen (secondary N) is 1. The van der Waals surface area contributed by atoms with Crippen LogP contribution in [0.1, 0.15) is 13.8 Å². The summed E-state index contributed by atoms with van der Waals surface area (Å²) < 4.78 is 16.1.